The van der Waals surface area contributed by atoms with Crippen LogP contribution in [-0.2, 0) is 17.6 Å². The number of amides is 1. The Morgan fingerprint density at radius 2 is 1.67 bits per heavy atom. The lowest BCUT2D eigenvalue weighted by Crippen LogP contribution is -2.14. The molecule has 0 unspecified atom stereocenters. The van der Waals surface area contributed by atoms with Gasteiger partial charge in [-0.25, -0.2) is 4.39 Å². The van der Waals surface area contributed by atoms with Crippen LogP contribution in [0, 0.1) is 5.82 Å². The number of carbonyl (C=O) groups excluding carboxylic acids is 1. The molecule has 0 aliphatic carbocycles. The average Bonchev–Trinajstić information content (AvgIpc) is 3.24. The van der Waals surface area contributed by atoms with E-state index in [1.165, 1.54) is 17.7 Å². The van der Waals surface area contributed by atoms with E-state index in [0.717, 1.165) is 17.7 Å². The molecule has 1 N–H and O–H groups in total. The molecule has 30 heavy (non-hydrogen) atoms. The Bertz CT molecular complexity index is 1120. The molecule has 0 bridgehead atoms. The number of hydrogen-bond acceptors (Lipinski definition) is 4. The summed E-state index contributed by atoms with van der Waals surface area (Å²) in [5.41, 5.74) is 3.68. The number of halogens is 1. The van der Waals surface area contributed by atoms with E-state index >= 15 is 0 Å². The number of nitrogens with one attached hydrogen (secondary N) is 1. The Morgan fingerprint density at radius 1 is 0.933 bits per heavy atom. The molecule has 0 saturated carbocycles. The van der Waals surface area contributed by atoms with E-state index in [4.69, 9.17) is 4.52 Å². The van der Waals surface area contributed by atoms with Crippen molar-refractivity contribution >= 4 is 11.6 Å². The van der Waals surface area contributed by atoms with Gasteiger partial charge in [0.1, 0.15) is 5.82 Å². The molecule has 0 aliphatic rings. The molecule has 0 spiro atoms. The summed E-state index contributed by atoms with van der Waals surface area (Å²) in [6.45, 7) is 0. The summed E-state index contributed by atoms with van der Waals surface area (Å²) in [5, 5.41) is 6.87. The van der Waals surface area contributed by atoms with Gasteiger partial charge in [-0.15, -0.1) is 0 Å². The van der Waals surface area contributed by atoms with Crippen molar-refractivity contribution in [3.8, 4) is 11.4 Å². The monoisotopic (exact) mass is 401 g/mol. The Hall–Kier alpha value is -3.80. The summed E-state index contributed by atoms with van der Waals surface area (Å²) >= 11 is 0. The Morgan fingerprint density at radius 3 is 2.47 bits per heavy atom. The Kier molecular flexibility index (Phi) is 5.94. The molecule has 0 fully saturated rings. The van der Waals surface area contributed by atoms with Gasteiger partial charge in [-0.3, -0.25) is 4.79 Å². The zero-order chi connectivity index (χ0) is 20.8. The fourth-order valence-corrected chi connectivity index (χ4v) is 3.12. The van der Waals surface area contributed by atoms with Crippen molar-refractivity contribution in [2.45, 2.75) is 19.3 Å². The standard InChI is InChI=1S/C24H20FN3O2/c25-20-12-10-18(11-13-20)24-27-23(30-28-24)15-14-22(29)26-21-9-5-4-8-19(21)16-17-6-2-1-3-7-17/h1-13H,14-16H2,(H,26,29). The van der Waals surface area contributed by atoms with Crippen LogP contribution in [-0.4, -0.2) is 16.0 Å². The molecule has 150 valence electrons. The second-order valence-electron chi connectivity index (χ2n) is 6.89. The largest absolute Gasteiger partial charge is 0.339 e. The van der Waals surface area contributed by atoms with Crippen molar-refractivity contribution < 1.29 is 13.7 Å². The van der Waals surface area contributed by atoms with Gasteiger partial charge >= 0.3 is 0 Å². The van der Waals surface area contributed by atoms with E-state index in [1.807, 2.05) is 42.5 Å². The van der Waals surface area contributed by atoms with E-state index in [9.17, 15) is 9.18 Å². The van der Waals surface area contributed by atoms with Crippen LogP contribution in [0.5, 0.6) is 0 Å². The predicted molar refractivity (Wildman–Crippen MR) is 112 cm³/mol. The normalized spacial score (nSPS) is 10.7. The number of aryl methyl sites for hydroxylation is 1. The topological polar surface area (TPSA) is 68.0 Å². The van der Waals surface area contributed by atoms with E-state index in [1.54, 1.807) is 12.1 Å². The number of benzene rings is 3. The fraction of sp³-hybridized carbons (Fsp3) is 0.125. The lowest BCUT2D eigenvalue weighted by atomic mass is 10.0. The molecule has 1 amide bonds. The molecule has 4 aromatic rings. The summed E-state index contributed by atoms with van der Waals surface area (Å²) in [6, 6.07) is 23.7. The Balaban J connectivity index is 1.36. The number of rotatable bonds is 7. The number of aromatic nitrogens is 2. The van der Waals surface area contributed by atoms with Crippen LogP contribution in [0.3, 0.4) is 0 Å². The van der Waals surface area contributed by atoms with E-state index in [0.29, 0.717) is 23.7 Å². The summed E-state index contributed by atoms with van der Waals surface area (Å²) < 4.78 is 18.3. The quantitative estimate of drug-likeness (QED) is 0.471. The minimum atomic E-state index is -0.327. The first kappa shape index (κ1) is 19.5. The first-order chi connectivity index (χ1) is 14.7. The molecule has 5 nitrogen and oxygen atoms in total. The van der Waals surface area contributed by atoms with Gasteiger partial charge in [0.05, 0.1) is 0 Å². The summed E-state index contributed by atoms with van der Waals surface area (Å²) in [4.78, 5) is 16.7. The highest BCUT2D eigenvalue weighted by atomic mass is 19.1. The van der Waals surface area contributed by atoms with Crippen LogP contribution in [0.25, 0.3) is 11.4 Å². The van der Waals surface area contributed by atoms with Crippen LogP contribution >= 0.6 is 0 Å². The molecule has 4 rings (SSSR count). The van der Waals surface area contributed by atoms with Crippen LogP contribution in [0.4, 0.5) is 10.1 Å². The smallest absolute Gasteiger partial charge is 0.227 e. The SMILES string of the molecule is O=C(CCc1nc(-c2ccc(F)cc2)no1)Nc1ccccc1Cc1ccccc1. The minimum Gasteiger partial charge on any atom is -0.339 e. The lowest BCUT2D eigenvalue weighted by Gasteiger charge is -2.11. The number of anilines is 1. The van der Waals surface area contributed by atoms with Crippen molar-refractivity contribution in [1.29, 1.82) is 0 Å². The van der Waals surface area contributed by atoms with Gasteiger partial charge in [-0.1, -0.05) is 53.7 Å². The summed E-state index contributed by atoms with van der Waals surface area (Å²) in [5.74, 6) is 0.282. The number of carbonyl (C=O) groups is 1. The zero-order valence-corrected chi connectivity index (χ0v) is 16.2. The highest BCUT2D eigenvalue weighted by Crippen LogP contribution is 2.20. The van der Waals surface area contributed by atoms with Crippen molar-refractivity contribution in [2.75, 3.05) is 5.32 Å². The first-order valence-electron chi connectivity index (χ1n) is 9.67. The highest BCUT2D eigenvalue weighted by molar-refractivity contribution is 5.91. The van der Waals surface area contributed by atoms with Crippen molar-refractivity contribution in [1.82, 2.24) is 10.1 Å². The average molecular weight is 401 g/mol. The lowest BCUT2D eigenvalue weighted by molar-refractivity contribution is -0.116. The molecule has 3 aromatic carbocycles. The van der Waals surface area contributed by atoms with Crippen LogP contribution < -0.4 is 5.32 Å². The van der Waals surface area contributed by atoms with Gasteiger partial charge < -0.3 is 9.84 Å². The maximum absolute atomic E-state index is 13.0. The third kappa shape index (κ3) is 4.97. The third-order valence-electron chi connectivity index (χ3n) is 4.67. The van der Waals surface area contributed by atoms with Gasteiger partial charge in [0.15, 0.2) is 0 Å². The van der Waals surface area contributed by atoms with Crippen molar-refractivity contribution in [2.24, 2.45) is 0 Å². The number of para-hydroxylation sites is 1. The molecule has 0 saturated heterocycles. The van der Waals surface area contributed by atoms with Gasteiger partial charge in [0.2, 0.25) is 17.6 Å². The van der Waals surface area contributed by atoms with Gasteiger partial charge in [-0.05, 0) is 47.9 Å². The third-order valence-corrected chi connectivity index (χ3v) is 4.67. The second-order valence-corrected chi connectivity index (χ2v) is 6.89. The molecule has 6 heteroatoms. The van der Waals surface area contributed by atoms with Crippen LogP contribution in [0.15, 0.2) is 83.4 Å². The summed E-state index contributed by atoms with van der Waals surface area (Å²) in [7, 11) is 0. The minimum absolute atomic E-state index is 0.128. The number of nitrogens with zero attached hydrogens (tertiary/aromatic N) is 2. The molecule has 0 radical (unpaired) electrons. The number of hydrogen-bond donors (Lipinski definition) is 1. The van der Waals surface area contributed by atoms with Crippen molar-refractivity contribution in [3.63, 3.8) is 0 Å². The fourth-order valence-electron chi connectivity index (χ4n) is 3.12. The van der Waals surface area contributed by atoms with Gasteiger partial charge in [0, 0.05) is 24.1 Å². The van der Waals surface area contributed by atoms with Gasteiger partial charge in [-0.2, -0.15) is 4.98 Å². The molecular weight excluding hydrogens is 381 g/mol. The molecule has 0 aliphatic heterocycles. The predicted octanol–water partition coefficient (Wildman–Crippen LogP) is 5.04. The van der Waals surface area contributed by atoms with Crippen LogP contribution in [0.2, 0.25) is 0 Å². The molecular formula is C24H20FN3O2. The first-order valence-corrected chi connectivity index (χ1v) is 9.67. The summed E-state index contributed by atoms with van der Waals surface area (Å²) in [6.07, 6.45) is 1.27. The van der Waals surface area contributed by atoms with Crippen LogP contribution in [0.1, 0.15) is 23.4 Å². The zero-order valence-electron chi connectivity index (χ0n) is 16.2. The maximum atomic E-state index is 13.0. The molecule has 0 atom stereocenters. The van der Waals surface area contributed by atoms with E-state index in [-0.39, 0.29) is 18.1 Å². The molecule has 1 heterocycles. The second kappa shape index (κ2) is 9.13. The van der Waals surface area contributed by atoms with E-state index < -0.39 is 0 Å². The van der Waals surface area contributed by atoms with Gasteiger partial charge in [0.25, 0.3) is 0 Å². The highest BCUT2D eigenvalue weighted by Gasteiger charge is 2.12. The maximum Gasteiger partial charge on any atom is 0.227 e. The Labute approximate surface area is 173 Å². The molecule has 1 aromatic heterocycles. The van der Waals surface area contributed by atoms with E-state index in [2.05, 4.69) is 27.6 Å². The van der Waals surface area contributed by atoms with Crippen molar-refractivity contribution in [3.05, 3.63) is 102 Å².